The van der Waals surface area contributed by atoms with Gasteiger partial charge in [-0.1, -0.05) is 11.6 Å². The van der Waals surface area contributed by atoms with Crippen LogP contribution in [0, 0.1) is 3.57 Å². The lowest BCUT2D eigenvalue weighted by atomic mass is 10.1. The van der Waals surface area contributed by atoms with Crippen LogP contribution in [0.2, 0.25) is 5.02 Å². The van der Waals surface area contributed by atoms with Crippen molar-refractivity contribution in [2.75, 3.05) is 12.4 Å². The van der Waals surface area contributed by atoms with Crippen molar-refractivity contribution >= 4 is 57.5 Å². The van der Waals surface area contributed by atoms with Crippen LogP contribution in [0.3, 0.4) is 0 Å². The number of benzene rings is 3. The van der Waals surface area contributed by atoms with E-state index in [1.807, 2.05) is 60.7 Å². The standard InChI is InChI=1S/C21H17ClINO2S/c1-26-20-11-2-14(21(25)24-18-7-5-17(23)6-8-18)12-15(20)13-27-19-9-3-16(22)4-10-19/h2-12H,13H2,1H3,(H,24,25). The second-order valence-electron chi connectivity index (χ2n) is 5.73. The highest BCUT2D eigenvalue weighted by molar-refractivity contribution is 14.1. The molecule has 3 aromatic rings. The lowest BCUT2D eigenvalue weighted by Crippen LogP contribution is -2.12. The number of nitrogens with one attached hydrogen (secondary N) is 1. The van der Waals surface area contributed by atoms with Crippen LogP contribution in [-0.4, -0.2) is 13.0 Å². The van der Waals surface area contributed by atoms with Gasteiger partial charge in [0.25, 0.3) is 5.91 Å². The van der Waals surface area contributed by atoms with Crippen molar-refractivity contribution in [2.24, 2.45) is 0 Å². The Labute approximate surface area is 181 Å². The minimum absolute atomic E-state index is 0.142. The molecule has 3 rings (SSSR count). The zero-order chi connectivity index (χ0) is 19.2. The molecule has 6 heteroatoms. The van der Waals surface area contributed by atoms with Crippen LogP contribution >= 0.6 is 46.0 Å². The van der Waals surface area contributed by atoms with Gasteiger partial charge >= 0.3 is 0 Å². The first-order valence-corrected chi connectivity index (χ1v) is 10.6. The molecule has 0 spiro atoms. The Morgan fingerprint density at radius 3 is 2.44 bits per heavy atom. The number of carbonyl (C=O) groups is 1. The third kappa shape index (κ3) is 5.64. The number of thioether (sulfide) groups is 1. The Morgan fingerprint density at radius 2 is 1.78 bits per heavy atom. The van der Waals surface area contributed by atoms with E-state index < -0.39 is 0 Å². The predicted molar refractivity (Wildman–Crippen MR) is 121 cm³/mol. The maximum absolute atomic E-state index is 12.6. The predicted octanol–water partition coefficient (Wildman–Crippen LogP) is 6.50. The average Bonchev–Trinajstić information content (AvgIpc) is 2.69. The molecular formula is C21H17ClINO2S. The van der Waals surface area contributed by atoms with Crippen molar-refractivity contribution in [3.05, 3.63) is 86.4 Å². The summed E-state index contributed by atoms with van der Waals surface area (Å²) in [7, 11) is 1.64. The number of methoxy groups -OCH3 is 1. The van der Waals surface area contributed by atoms with Crippen molar-refractivity contribution in [1.82, 2.24) is 0 Å². The quantitative estimate of drug-likeness (QED) is 0.305. The van der Waals surface area contributed by atoms with Crippen molar-refractivity contribution in [1.29, 1.82) is 0 Å². The lowest BCUT2D eigenvalue weighted by Gasteiger charge is -2.11. The van der Waals surface area contributed by atoms with Gasteiger partial charge in [-0.05, 0) is 89.3 Å². The second kappa shape index (κ2) is 9.48. The van der Waals surface area contributed by atoms with Crippen molar-refractivity contribution in [3.63, 3.8) is 0 Å². The summed E-state index contributed by atoms with van der Waals surface area (Å²) < 4.78 is 6.57. The highest BCUT2D eigenvalue weighted by Gasteiger charge is 2.11. The molecule has 27 heavy (non-hydrogen) atoms. The lowest BCUT2D eigenvalue weighted by molar-refractivity contribution is 0.102. The summed E-state index contributed by atoms with van der Waals surface area (Å²) >= 11 is 9.83. The van der Waals surface area contributed by atoms with Crippen molar-refractivity contribution < 1.29 is 9.53 Å². The summed E-state index contributed by atoms with van der Waals surface area (Å²) in [6, 6.07) is 20.9. The van der Waals surface area contributed by atoms with E-state index in [2.05, 4.69) is 27.9 Å². The molecule has 0 fully saturated rings. The molecule has 0 unspecified atom stereocenters. The Balaban J connectivity index is 1.74. The molecule has 0 aliphatic heterocycles. The monoisotopic (exact) mass is 509 g/mol. The van der Waals surface area contributed by atoms with Crippen molar-refractivity contribution in [2.45, 2.75) is 10.6 Å². The zero-order valence-corrected chi connectivity index (χ0v) is 18.3. The first kappa shape index (κ1) is 20.0. The molecule has 0 saturated carbocycles. The van der Waals surface area contributed by atoms with Crippen LogP contribution in [-0.2, 0) is 5.75 Å². The van der Waals surface area contributed by atoms with E-state index in [9.17, 15) is 4.79 Å². The molecule has 138 valence electrons. The van der Waals surface area contributed by atoms with E-state index in [0.717, 1.165) is 25.5 Å². The maximum Gasteiger partial charge on any atom is 0.255 e. The molecular weight excluding hydrogens is 493 g/mol. The van der Waals surface area contributed by atoms with Gasteiger partial charge in [0.1, 0.15) is 5.75 Å². The van der Waals surface area contributed by atoms with Gasteiger partial charge in [0.05, 0.1) is 7.11 Å². The molecule has 3 aromatic carbocycles. The minimum atomic E-state index is -0.142. The first-order valence-electron chi connectivity index (χ1n) is 8.17. The highest BCUT2D eigenvalue weighted by atomic mass is 127. The Bertz CT molecular complexity index is 930. The molecule has 0 aromatic heterocycles. The number of rotatable bonds is 6. The topological polar surface area (TPSA) is 38.3 Å². The third-order valence-corrected chi connectivity index (χ3v) is 5.88. The van der Waals surface area contributed by atoms with Crippen LogP contribution in [0.5, 0.6) is 5.75 Å². The largest absolute Gasteiger partial charge is 0.496 e. The molecule has 1 N–H and O–H groups in total. The van der Waals surface area contributed by atoms with Crippen LogP contribution in [0.1, 0.15) is 15.9 Å². The molecule has 0 bridgehead atoms. The van der Waals surface area contributed by atoms with E-state index >= 15 is 0 Å². The van der Waals surface area contributed by atoms with Gasteiger partial charge < -0.3 is 10.1 Å². The fraction of sp³-hybridized carbons (Fsp3) is 0.0952. The Hall–Kier alpha value is -1.70. The number of amides is 1. The van der Waals surface area contributed by atoms with E-state index in [-0.39, 0.29) is 5.91 Å². The SMILES string of the molecule is COc1ccc(C(=O)Nc2ccc(I)cc2)cc1CSc1ccc(Cl)cc1. The normalized spacial score (nSPS) is 10.5. The van der Waals surface area contributed by atoms with Crippen molar-refractivity contribution in [3.8, 4) is 5.75 Å². The Morgan fingerprint density at radius 1 is 1.07 bits per heavy atom. The van der Waals surface area contributed by atoms with Gasteiger partial charge in [-0.2, -0.15) is 0 Å². The molecule has 0 aliphatic rings. The van der Waals surface area contributed by atoms with Crippen LogP contribution in [0.25, 0.3) is 0 Å². The number of ether oxygens (including phenoxy) is 1. The average molecular weight is 510 g/mol. The third-order valence-electron chi connectivity index (χ3n) is 3.85. The highest BCUT2D eigenvalue weighted by Crippen LogP contribution is 2.29. The molecule has 3 nitrogen and oxygen atoms in total. The molecule has 0 aliphatic carbocycles. The van der Waals surface area contributed by atoms with Gasteiger partial charge in [-0.25, -0.2) is 0 Å². The molecule has 0 saturated heterocycles. The first-order chi connectivity index (χ1) is 13.0. The summed E-state index contributed by atoms with van der Waals surface area (Å²) in [5.41, 5.74) is 2.34. The summed E-state index contributed by atoms with van der Waals surface area (Å²) in [4.78, 5) is 13.7. The van der Waals surface area contributed by atoms with Crippen LogP contribution in [0.4, 0.5) is 5.69 Å². The van der Waals surface area contributed by atoms with Gasteiger partial charge in [-0.15, -0.1) is 11.8 Å². The number of anilines is 1. The summed E-state index contributed by atoms with van der Waals surface area (Å²) in [6.07, 6.45) is 0. The van der Waals surface area contributed by atoms with Crippen LogP contribution < -0.4 is 10.1 Å². The number of halogens is 2. The molecule has 0 atom stereocenters. The molecule has 1 amide bonds. The molecule has 0 radical (unpaired) electrons. The van der Waals surface area contributed by atoms with E-state index in [1.54, 1.807) is 24.9 Å². The van der Waals surface area contributed by atoms with Gasteiger partial charge in [-0.3, -0.25) is 4.79 Å². The maximum atomic E-state index is 12.6. The summed E-state index contributed by atoms with van der Waals surface area (Å²) in [5.74, 6) is 1.31. The van der Waals surface area contributed by atoms with Crippen LogP contribution in [0.15, 0.2) is 71.6 Å². The molecule has 0 heterocycles. The summed E-state index contributed by atoms with van der Waals surface area (Å²) in [5, 5.41) is 3.64. The van der Waals surface area contributed by atoms with Gasteiger partial charge in [0, 0.05) is 36.1 Å². The second-order valence-corrected chi connectivity index (χ2v) is 8.46. The number of hydrogen-bond acceptors (Lipinski definition) is 3. The van der Waals surface area contributed by atoms with E-state index in [1.165, 1.54) is 0 Å². The van der Waals surface area contributed by atoms with E-state index in [4.69, 9.17) is 16.3 Å². The Kier molecular flexibility index (Phi) is 7.04. The van der Waals surface area contributed by atoms with Gasteiger partial charge in [0.15, 0.2) is 0 Å². The summed E-state index contributed by atoms with van der Waals surface area (Å²) in [6.45, 7) is 0. The minimum Gasteiger partial charge on any atom is -0.496 e. The number of hydrogen-bond donors (Lipinski definition) is 1. The zero-order valence-electron chi connectivity index (χ0n) is 14.5. The van der Waals surface area contributed by atoms with Gasteiger partial charge in [0.2, 0.25) is 0 Å². The number of carbonyl (C=O) groups excluding carboxylic acids is 1. The fourth-order valence-electron chi connectivity index (χ4n) is 2.46. The van der Waals surface area contributed by atoms with E-state index in [0.29, 0.717) is 16.3 Å². The fourth-order valence-corrected chi connectivity index (χ4v) is 3.82. The smallest absolute Gasteiger partial charge is 0.255 e.